The van der Waals surface area contributed by atoms with Gasteiger partial charge in [0.15, 0.2) is 5.98 Å². The number of benzene rings is 1. The Hall–Kier alpha value is -0.0700. The van der Waals surface area contributed by atoms with Crippen LogP contribution in [0.4, 0.5) is 0 Å². The predicted octanol–water partition coefficient (Wildman–Crippen LogP) is 5.16. The smallest absolute Gasteiger partial charge is 0.179 e. The van der Waals surface area contributed by atoms with Crippen LogP contribution in [0.5, 0.6) is 0 Å². The lowest BCUT2D eigenvalue weighted by Gasteiger charge is -1.91. The fourth-order valence-electron chi connectivity index (χ4n) is 1.02. The summed E-state index contributed by atoms with van der Waals surface area (Å²) >= 11 is 14.6. The molecular formula is C9H7Cl3NP. The third kappa shape index (κ3) is 4.43. The number of nitrogens with zero attached hydrogens (tertiary/aromatic N) is 1. The molecule has 0 amide bonds. The average Bonchev–Trinajstić information content (AvgIpc) is 2.17. The highest BCUT2D eigenvalue weighted by Crippen LogP contribution is 2.51. The van der Waals surface area contributed by atoms with E-state index >= 15 is 0 Å². The Kier molecular flexibility index (Phi) is 5.50. The van der Waals surface area contributed by atoms with Crippen molar-refractivity contribution in [2.75, 3.05) is 0 Å². The van der Waals surface area contributed by atoms with Gasteiger partial charge in [0.2, 0.25) is 0 Å². The van der Waals surface area contributed by atoms with Crippen LogP contribution in [-0.2, 0) is 0 Å². The fraction of sp³-hybridized carbons (Fsp3) is 0. The van der Waals surface area contributed by atoms with Crippen molar-refractivity contribution in [3.05, 3.63) is 42.6 Å². The molecule has 1 heterocycles. The van der Waals surface area contributed by atoms with Crippen LogP contribution in [0.2, 0.25) is 0 Å². The molecule has 0 atom stereocenters. The SMILES string of the molecule is ClP(Cl)Cl.c1ccc2ncccc2c1. The average molecular weight is 266 g/mol. The molecule has 1 aromatic heterocycles. The van der Waals surface area contributed by atoms with Gasteiger partial charge in [-0.3, -0.25) is 4.98 Å². The molecule has 0 spiro atoms. The third-order valence-corrected chi connectivity index (χ3v) is 1.51. The van der Waals surface area contributed by atoms with E-state index in [2.05, 4.69) is 17.1 Å². The molecule has 0 aliphatic heterocycles. The Morgan fingerprint density at radius 1 is 0.929 bits per heavy atom. The highest BCUT2D eigenvalue weighted by Gasteiger charge is 1.86. The van der Waals surface area contributed by atoms with Crippen molar-refractivity contribution in [2.24, 2.45) is 0 Å². The van der Waals surface area contributed by atoms with Crippen LogP contribution in [0.25, 0.3) is 10.9 Å². The Balaban J connectivity index is 0.000000213. The summed E-state index contributed by atoms with van der Waals surface area (Å²) in [6.07, 6.45) is 1.81. The zero-order valence-electron chi connectivity index (χ0n) is 7.07. The van der Waals surface area contributed by atoms with Gasteiger partial charge in [-0.05, 0) is 12.1 Å². The summed E-state index contributed by atoms with van der Waals surface area (Å²) in [5.74, 6) is -1.20. The van der Waals surface area contributed by atoms with Crippen molar-refractivity contribution in [1.82, 2.24) is 4.98 Å². The predicted molar refractivity (Wildman–Crippen MR) is 66.2 cm³/mol. The van der Waals surface area contributed by atoms with Gasteiger partial charge in [-0.2, -0.15) is 0 Å². The number of para-hydroxylation sites is 1. The van der Waals surface area contributed by atoms with E-state index in [1.165, 1.54) is 5.39 Å². The van der Waals surface area contributed by atoms with Gasteiger partial charge in [0.1, 0.15) is 0 Å². The first-order valence-electron chi connectivity index (χ1n) is 3.77. The van der Waals surface area contributed by atoms with Crippen LogP contribution in [0, 0.1) is 0 Å². The highest BCUT2D eigenvalue weighted by atomic mass is 36.0. The van der Waals surface area contributed by atoms with Gasteiger partial charge in [-0.1, -0.05) is 58.0 Å². The highest BCUT2D eigenvalue weighted by molar-refractivity contribution is 8.20. The standard InChI is InChI=1S/C9H7N.Cl3P/c1-2-6-9-8(4-1)5-3-7-10-9;1-4(2)3/h1-7H;. The second-order valence-corrected chi connectivity index (χ2v) is 7.37. The molecule has 1 aromatic carbocycles. The van der Waals surface area contributed by atoms with Gasteiger partial charge >= 0.3 is 0 Å². The van der Waals surface area contributed by atoms with E-state index in [4.69, 9.17) is 33.7 Å². The van der Waals surface area contributed by atoms with Gasteiger partial charge in [-0.15, -0.1) is 0 Å². The summed E-state index contributed by atoms with van der Waals surface area (Å²) < 4.78 is 0. The van der Waals surface area contributed by atoms with Gasteiger partial charge in [0.25, 0.3) is 0 Å². The Bertz CT molecular complexity index is 326. The zero-order chi connectivity index (χ0) is 10.4. The quantitative estimate of drug-likeness (QED) is 0.600. The van der Waals surface area contributed by atoms with E-state index in [0.717, 1.165) is 5.52 Å². The fourth-order valence-corrected chi connectivity index (χ4v) is 1.02. The van der Waals surface area contributed by atoms with Crippen LogP contribution in [0.1, 0.15) is 0 Å². The van der Waals surface area contributed by atoms with Crippen molar-refractivity contribution in [1.29, 1.82) is 0 Å². The maximum atomic E-state index is 4.87. The molecule has 2 rings (SSSR count). The molecule has 0 N–H and O–H groups in total. The molecule has 5 heteroatoms. The first-order valence-corrected chi connectivity index (χ1v) is 7.83. The molecule has 0 unspecified atom stereocenters. The lowest BCUT2D eigenvalue weighted by Crippen LogP contribution is -1.73. The van der Waals surface area contributed by atoms with E-state index in [1.54, 1.807) is 0 Å². The van der Waals surface area contributed by atoms with Crippen LogP contribution in [-0.4, -0.2) is 4.98 Å². The van der Waals surface area contributed by atoms with Gasteiger partial charge < -0.3 is 0 Å². The van der Waals surface area contributed by atoms with Crippen LogP contribution >= 0.6 is 39.7 Å². The van der Waals surface area contributed by atoms with E-state index < -0.39 is 5.98 Å². The summed E-state index contributed by atoms with van der Waals surface area (Å²) in [6, 6.07) is 12.1. The van der Waals surface area contributed by atoms with Crippen molar-refractivity contribution >= 4 is 50.6 Å². The molecule has 0 radical (unpaired) electrons. The first-order chi connectivity index (χ1) is 6.70. The van der Waals surface area contributed by atoms with Gasteiger partial charge in [0.05, 0.1) is 5.52 Å². The Morgan fingerprint density at radius 3 is 2.14 bits per heavy atom. The third-order valence-electron chi connectivity index (χ3n) is 1.51. The number of hydrogen-bond donors (Lipinski definition) is 0. The van der Waals surface area contributed by atoms with Gasteiger partial charge in [-0.25, -0.2) is 0 Å². The molecule has 14 heavy (non-hydrogen) atoms. The summed E-state index contributed by atoms with van der Waals surface area (Å²) in [5.41, 5.74) is 1.06. The molecule has 74 valence electrons. The topological polar surface area (TPSA) is 12.9 Å². The van der Waals surface area contributed by atoms with E-state index in [9.17, 15) is 0 Å². The molecule has 2 aromatic rings. The molecule has 0 saturated carbocycles. The van der Waals surface area contributed by atoms with Crippen molar-refractivity contribution < 1.29 is 0 Å². The van der Waals surface area contributed by atoms with E-state index in [0.29, 0.717) is 0 Å². The maximum absolute atomic E-state index is 4.87. The number of fused-ring (bicyclic) bond motifs is 1. The van der Waals surface area contributed by atoms with E-state index in [1.807, 2.05) is 30.5 Å². The van der Waals surface area contributed by atoms with Crippen LogP contribution in [0.15, 0.2) is 42.6 Å². The number of hydrogen-bond acceptors (Lipinski definition) is 1. The van der Waals surface area contributed by atoms with Crippen molar-refractivity contribution in [3.8, 4) is 0 Å². The number of aromatic nitrogens is 1. The minimum Gasteiger partial charge on any atom is -0.256 e. The molecule has 0 bridgehead atoms. The van der Waals surface area contributed by atoms with Crippen LogP contribution in [0.3, 0.4) is 0 Å². The number of halogens is 3. The van der Waals surface area contributed by atoms with Gasteiger partial charge in [0, 0.05) is 11.6 Å². The second kappa shape index (κ2) is 6.42. The normalized spacial score (nSPS) is 9.71. The molecule has 1 nitrogen and oxygen atoms in total. The first kappa shape index (κ1) is 12.0. The minimum absolute atomic E-state index is 1.06. The van der Waals surface area contributed by atoms with E-state index in [-0.39, 0.29) is 0 Å². The van der Waals surface area contributed by atoms with Crippen molar-refractivity contribution in [3.63, 3.8) is 0 Å². The Labute approximate surface area is 98.1 Å². The monoisotopic (exact) mass is 265 g/mol. The largest absolute Gasteiger partial charge is 0.256 e. The lowest BCUT2D eigenvalue weighted by atomic mass is 10.2. The molecule has 0 aliphatic rings. The second-order valence-electron chi connectivity index (χ2n) is 2.39. The summed E-state index contributed by atoms with van der Waals surface area (Å²) in [5, 5.41) is 1.20. The molecule has 0 saturated heterocycles. The minimum atomic E-state index is -1.20. The molecule has 0 fully saturated rings. The summed E-state index contributed by atoms with van der Waals surface area (Å²) in [4.78, 5) is 4.18. The molecule has 0 aliphatic carbocycles. The molecular weight excluding hydrogens is 259 g/mol. The lowest BCUT2D eigenvalue weighted by molar-refractivity contribution is 1.41. The number of rotatable bonds is 0. The zero-order valence-corrected chi connectivity index (χ0v) is 10.2. The summed E-state index contributed by atoms with van der Waals surface area (Å²) in [7, 11) is 0. The van der Waals surface area contributed by atoms with Crippen molar-refractivity contribution in [2.45, 2.75) is 0 Å². The van der Waals surface area contributed by atoms with Crippen LogP contribution < -0.4 is 0 Å². The Morgan fingerprint density at radius 2 is 1.50 bits per heavy atom. The summed E-state index contributed by atoms with van der Waals surface area (Å²) in [6.45, 7) is 0. The number of pyridine rings is 1. The maximum Gasteiger partial charge on any atom is 0.179 e.